The third-order valence-electron chi connectivity index (χ3n) is 3.99. The van der Waals surface area contributed by atoms with Gasteiger partial charge in [-0.25, -0.2) is 4.98 Å². The number of anilines is 1. The van der Waals surface area contributed by atoms with E-state index < -0.39 is 0 Å². The summed E-state index contributed by atoms with van der Waals surface area (Å²) in [4.78, 5) is 6.51. The van der Waals surface area contributed by atoms with Crippen LogP contribution >= 0.6 is 11.8 Å². The highest BCUT2D eigenvalue weighted by Gasteiger charge is 2.13. The monoisotopic (exact) mass is 340 g/mol. The molecule has 0 saturated carbocycles. The smallest absolute Gasteiger partial charge is 0.130 e. The molecule has 3 rings (SSSR count). The molecule has 0 amide bonds. The van der Waals surface area contributed by atoms with E-state index in [0.29, 0.717) is 5.71 Å². The normalized spacial score (nSPS) is 11.9. The second-order valence-corrected chi connectivity index (χ2v) is 6.63. The second kappa shape index (κ2) is 6.57. The van der Waals surface area contributed by atoms with Crippen molar-refractivity contribution in [2.24, 2.45) is 12.2 Å². The topological polar surface area (TPSA) is 53.7 Å². The molecule has 0 atom stereocenters. The van der Waals surface area contributed by atoms with Gasteiger partial charge in [-0.05, 0) is 36.6 Å². The Bertz CT molecular complexity index is 915. The van der Waals surface area contributed by atoms with Crippen LogP contribution in [0.2, 0.25) is 0 Å². The van der Waals surface area contributed by atoms with Crippen LogP contribution in [0, 0.1) is 0 Å². The van der Waals surface area contributed by atoms with E-state index in [2.05, 4.69) is 20.8 Å². The van der Waals surface area contributed by atoms with Crippen molar-refractivity contribution in [1.82, 2.24) is 9.55 Å². The zero-order valence-electron chi connectivity index (χ0n) is 14.2. The highest BCUT2D eigenvalue weighted by molar-refractivity contribution is 7.98. The summed E-state index contributed by atoms with van der Waals surface area (Å²) in [5.41, 5.74) is 3.40. The largest absolute Gasteiger partial charge is 0.410 e. The lowest BCUT2D eigenvalue weighted by atomic mass is 10.0. The maximum atomic E-state index is 9.65. The first kappa shape index (κ1) is 16.4. The molecule has 1 aromatic carbocycles. The van der Waals surface area contributed by atoms with Crippen molar-refractivity contribution in [1.29, 1.82) is 0 Å². The van der Waals surface area contributed by atoms with Crippen LogP contribution in [0.15, 0.2) is 52.8 Å². The summed E-state index contributed by atoms with van der Waals surface area (Å²) in [6, 6.07) is 12.0. The van der Waals surface area contributed by atoms with Crippen LogP contribution in [0.5, 0.6) is 0 Å². The molecular formula is C18H20N4OS. The third-order valence-corrected chi connectivity index (χ3v) is 4.62. The summed E-state index contributed by atoms with van der Waals surface area (Å²) >= 11 is 1.57. The number of thioether (sulfide) groups is 1. The number of hydrogen-bond acceptors (Lipinski definition) is 5. The van der Waals surface area contributed by atoms with Gasteiger partial charge in [0.2, 0.25) is 0 Å². The fourth-order valence-corrected chi connectivity index (χ4v) is 3.10. The number of aryl methyl sites for hydroxylation is 1. The molecule has 0 saturated heterocycles. The Hall–Kier alpha value is -2.47. The minimum Gasteiger partial charge on any atom is -0.410 e. The van der Waals surface area contributed by atoms with Gasteiger partial charge in [0, 0.05) is 49.4 Å². The summed E-state index contributed by atoms with van der Waals surface area (Å²) in [7, 11) is 5.91. The number of rotatable bonds is 4. The standard InChI is InChI=1S/C18H20N4OS/c1-21(2)16-10-14(11-17(19-16)24-4)18(20-23)13-5-6-15-12(9-13)7-8-22(15)3/h5-11,23H,1-4H3/b20-18+. The van der Waals surface area contributed by atoms with Crippen LogP contribution in [-0.2, 0) is 7.05 Å². The van der Waals surface area contributed by atoms with Gasteiger partial charge in [-0.1, -0.05) is 11.2 Å². The molecule has 0 radical (unpaired) electrons. The van der Waals surface area contributed by atoms with Gasteiger partial charge in [0.15, 0.2) is 0 Å². The molecule has 0 aliphatic carbocycles. The SMILES string of the molecule is CSc1cc(/C(=N/O)c2ccc3c(ccn3C)c2)cc(N(C)C)n1. The van der Waals surface area contributed by atoms with Crippen LogP contribution < -0.4 is 4.90 Å². The van der Waals surface area contributed by atoms with E-state index in [0.717, 1.165) is 32.9 Å². The highest BCUT2D eigenvalue weighted by atomic mass is 32.2. The van der Waals surface area contributed by atoms with E-state index in [-0.39, 0.29) is 0 Å². The van der Waals surface area contributed by atoms with Gasteiger partial charge in [0.25, 0.3) is 0 Å². The predicted octanol–water partition coefficient (Wildman–Crippen LogP) is 3.59. The van der Waals surface area contributed by atoms with Gasteiger partial charge >= 0.3 is 0 Å². The van der Waals surface area contributed by atoms with Crippen molar-refractivity contribution in [3.63, 3.8) is 0 Å². The van der Waals surface area contributed by atoms with Crippen molar-refractivity contribution >= 4 is 34.2 Å². The maximum absolute atomic E-state index is 9.65. The third kappa shape index (κ3) is 2.97. The van der Waals surface area contributed by atoms with Gasteiger partial charge in [-0.2, -0.15) is 0 Å². The Labute approximate surface area is 145 Å². The van der Waals surface area contributed by atoms with Crippen molar-refractivity contribution in [2.75, 3.05) is 25.3 Å². The van der Waals surface area contributed by atoms with Crippen molar-refractivity contribution in [3.05, 3.63) is 53.7 Å². The highest BCUT2D eigenvalue weighted by Crippen LogP contribution is 2.24. The Morgan fingerprint density at radius 3 is 2.62 bits per heavy atom. The fourth-order valence-electron chi connectivity index (χ4n) is 2.67. The summed E-state index contributed by atoms with van der Waals surface area (Å²) in [6.07, 6.45) is 4.00. The predicted molar refractivity (Wildman–Crippen MR) is 101 cm³/mol. The van der Waals surface area contributed by atoms with E-state index in [1.165, 1.54) is 0 Å². The lowest BCUT2D eigenvalue weighted by molar-refractivity contribution is 0.319. The first-order valence-electron chi connectivity index (χ1n) is 7.54. The number of benzene rings is 1. The fraction of sp³-hybridized carbons (Fsp3) is 0.222. The first-order chi connectivity index (χ1) is 11.5. The molecule has 3 aromatic rings. The lowest BCUT2D eigenvalue weighted by Crippen LogP contribution is -2.13. The quantitative estimate of drug-likeness (QED) is 0.341. The minimum absolute atomic E-state index is 0.543. The number of aromatic nitrogens is 2. The molecule has 0 aliphatic rings. The number of fused-ring (bicyclic) bond motifs is 1. The van der Waals surface area contributed by atoms with E-state index in [9.17, 15) is 5.21 Å². The molecule has 24 heavy (non-hydrogen) atoms. The Kier molecular flexibility index (Phi) is 4.49. The number of pyridine rings is 1. The zero-order chi connectivity index (χ0) is 17.3. The molecule has 124 valence electrons. The molecule has 0 aliphatic heterocycles. The summed E-state index contributed by atoms with van der Waals surface area (Å²) in [5, 5.41) is 15.2. The molecule has 5 nitrogen and oxygen atoms in total. The van der Waals surface area contributed by atoms with Crippen LogP contribution in [0.1, 0.15) is 11.1 Å². The molecule has 0 fully saturated rings. The van der Waals surface area contributed by atoms with E-state index in [1.54, 1.807) is 11.8 Å². The molecule has 0 spiro atoms. The number of hydrogen-bond donors (Lipinski definition) is 1. The van der Waals surface area contributed by atoms with Crippen LogP contribution in [0.3, 0.4) is 0 Å². The van der Waals surface area contributed by atoms with Crippen molar-refractivity contribution < 1.29 is 5.21 Å². The molecule has 2 aromatic heterocycles. The van der Waals surface area contributed by atoms with Crippen LogP contribution in [-0.4, -0.2) is 40.8 Å². The molecule has 6 heteroatoms. The summed E-state index contributed by atoms with van der Waals surface area (Å²) in [6.45, 7) is 0. The average Bonchev–Trinajstić information content (AvgIpc) is 2.96. The van der Waals surface area contributed by atoms with Crippen molar-refractivity contribution in [3.8, 4) is 0 Å². The second-order valence-electron chi connectivity index (χ2n) is 5.80. The number of nitrogens with zero attached hydrogens (tertiary/aromatic N) is 4. The van der Waals surface area contributed by atoms with Crippen LogP contribution in [0.25, 0.3) is 10.9 Å². The van der Waals surface area contributed by atoms with Crippen LogP contribution in [0.4, 0.5) is 5.82 Å². The Morgan fingerprint density at radius 1 is 1.17 bits per heavy atom. The molecule has 0 unspecified atom stereocenters. The summed E-state index contributed by atoms with van der Waals surface area (Å²) < 4.78 is 2.07. The van der Waals surface area contributed by atoms with Gasteiger partial charge in [0.05, 0.1) is 5.03 Å². The zero-order valence-corrected chi connectivity index (χ0v) is 15.0. The minimum atomic E-state index is 0.543. The van der Waals surface area contributed by atoms with Gasteiger partial charge in [0.1, 0.15) is 11.5 Å². The molecule has 2 heterocycles. The summed E-state index contributed by atoms with van der Waals surface area (Å²) in [5.74, 6) is 0.832. The van der Waals surface area contributed by atoms with Crippen molar-refractivity contribution in [2.45, 2.75) is 5.03 Å². The first-order valence-corrected chi connectivity index (χ1v) is 8.77. The van der Waals surface area contributed by atoms with E-state index in [1.807, 2.05) is 68.8 Å². The Morgan fingerprint density at radius 2 is 1.96 bits per heavy atom. The van der Waals surface area contributed by atoms with Gasteiger partial charge in [-0.3, -0.25) is 0 Å². The van der Waals surface area contributed by atoms with E-state index >= 15 is 0 Å². The molecule has 1 N–H and O–H groups in total. The van der Waals surface area contributed by atoms with Gasteiger partial charge < -0.3 is 14.7 Å². The maximum Gasteiger partial charge on any atom is 0.130 e. The Balaban J connectivity index is 2.12. The van der Waals surface area contributed by atoms with E-state index in [4.69, 9.17) is 0 Å². The van der Waals surface area contributed by atoms with Gasteiger partial charge in [-0.15, -0.1) is 11.8 Å². The number of oxime groups is 1. The lowest BCUT2D eigenvalue weighted by Gasteiger charge is -2.15. The average molecular weight is 340 g/mol. The molecular weight excluding hydrogens is 320 g/mol. The molecule has 0 bridgehead atoms.